The number of rotatable bonds is 3. The van der Waals surface area contributed by atoms with Crippen LogP contribution in [0.3, 0.4) is 0 Å². The highest BCUT2D eigenvalue weighted by Crippen LogP contribution is 2.29. The molecule has 1 aromatic heterocycles. The SMILES string of the molecule is Cc1ccc(NC(=O)N(S)C2CCN(c3nncc4cc(Br)ccc34)CC2)cc1. The van der Waals surface area contributed by atoms with E-state index in [0.717, 1.165) is 58.2 Å². The number of nitrogens with zero attached hydrogens (tertiary/aromatic N) is 4. The fraction of sp³-hybridized carbons (Fsp3) is 0.286. The zero-order valence-corrected chi connectivity index (χ0v) is 18.5. The maximum Gasteiger partial charge on any atom is 0.331 e. The summed E-state index contributed by atoms with van der Waals surface area (Å²) >= 11 is 7.98. The van der Waals surface area contributed by atoms with Gasteiger partial charge in [0.1, 0.15) is 0 Å². The molecule has 3 aromatic rings. The molecule has 0 spiro atoms. The average Bonchev–Trinajstić information content (AvgIpc) is 2.74. The summed E-state index contributed by atoms with van der Waals surface area (Å²) in [4.78, 5) is 14.8. The number of hydrogen-bond donors (Lipinski definition) is 2. The topological polar surface area (TPSA) is 61.4 Å². The number of hydrogen-bond acceptors (Lipinski definition) is 5. The summed E-state index contributed by atoms with van der Waals surface area (Å²) in [6.07, 6.45) is 3.42. The number of aromatic nitrogens is 2. The Morgan fingerprint density at radius 1 is 1.21 bits per heavy atom. The molecule has 1 N–H and O–H groups in total. The molecule has 4 rings (SSSR count). The molecule has 150 valence electrons. The number of benzene rings is 2. The molecule has 0 bridgehead atoms. The third kappa shape index (κ3) is 4.48. The largest absolute Gasteiger partial charge is 0.354 e. The molecule has 2 heterocycles. The minimum absolute atomic E-state index is 0.0668. The molecule has 0 radical (unpaired) electrons. The Morgan fingerprint density at radius 3 is 2.66 bits per heavy atom. The quantitative estimate of drug-likeness (QED) is 0.524. The van der Waals surface area contributed by atoms with Gasteiger partial charge in [-0.25, -0.2) is 4.79 Å². The van der Waals surface area contributed by atoms with Crippen LogP contribution in [0, 0.1) is 6.92 Å². The Labute approximate surface area is 184 Å². The van der Waals surface area contributed by atoms with Crippen molar-refractivity contribution in [1.29, 1.82) is 0 Å². The number of anilines is 2. The van der Waals surface area contributed by atoms with Crippen LogP contribution in [-0.2, 0) is 0 Å². The standard InChI is InChI=1S/C21H22BrN5OS/c1-14-2-5-17(6-3-14)24-21(28)27(29)18-8-10-26(11-9-18)20-19-7-4-16(22)12-15(19)13-23-25-20/h2-7,12-13,18,29H,8-11H2,1H3,(H,24,28). The Morgan fingerprint density at radius 2 is 1.93 bits per heavy atom. The predicted octanol–water partition coefficient (Wildman–Crippen LogP) is 5.05. The lowest BCUT2D eigenvalue weighted by Gasteiger charge is -2.36. The number of urea groups is 1. The zero-order chi connectivity index (χ0) is 20.4. The molecule has 1 aliphatic rings. The Balaban J connectivity index is 1.40. The number of thiol groups is 1. The van der Waals surface area contributed by atoms with Crippen LogP contribution in [0.25, 0.3) is 10.8 Å². The highest BCUT2D eigenvalue weighted by atomic mass is 79.9. The van der Waals surface area contributed by atoms with Crippen LogP contribution in [0.15, 0.2) is 53.1 Å². The van der Waals surface area contributed by atoms with E-state index in [1.165, 1.54) is 4.31 Å². The van der Waals surface area contributed by atoms with Gasteiger partial charge < -0.3 is 10.2 Å². The fourth-order valence-corrected chi connectivity index (χ4v) is 4.24. The van der Waals surface area contributed by atoms with Gasteiger partial charge in [-0.05, 0) is 50.1 Å². The van der Waals surface area contributed by atoms with Crippen LogP contribution in [-0.4, -0.2) is 39.7 Å². The molecular formula is C21H22BrN5OS. The second kappa shape index (κ2) is 8.59. The van der Waals surface area contributed by atoms with Crippen molar-refractivity contribution >= 4 is 57.1 Å². The van der Waals surface area contributed by atoms with Crippen molar-refractivity contribution < 1.29 is 4.79 Å². The summed E-state index contributed by atoms with van der Waals surface area (Å²) in [6.45, 7) is 3.61. The van der Waals surface area contributed by atoms with Crippen molar-refractivity contribution in [3.8, 4) is 0 Å². The van der Waals surface area contributed by atoms with E-state index >= 15 is 0 Å². The number of carbonyl (C=O) groups excluding carboxylic acids is 1. The van der Waals surface area contributed by atoms with Gasteiger partial charge in [-0.2, -0.15) is 5.10 Å². The van der Waals surface area contributed by atoms with E-state index in [0.29, 0.717) is 0 Å². The molecule has 0 aliphatic carbocycles. The summed E-state index contributed by atoms with van der Waals surface area (Å²) in [6, 6.07) is 13.7. The van der Waals surface area contributed by atoms with E-state index in [-0.39, 0.29) is 12.1 Å². The number of nitrogens with one attached hydrogen (secondary N) is 1. The number of fused-ring (bicyclic) bond motifs is 1. The molecule has 1 saturated heterocycles. The van der Waals surface area contributed by atoms with Crippen LogP contribution in [0.5, 0.6) is 0 Å². The number of piperidine rings is 1. The minimum atomic E-state index is -0.203. The molecule has 1 aliphatic heterocycles. The lowest BCUT2D eigenvalue weighted by Crippen LogP contribution is -2.45. The number of amides is 2. The van der Waals surface area contributed by atoms with Crippen molar-refractivity contribution in [2.75, 3.05) is 23.3 Å². The van der Waals surface area contributed by atoms with Crippen molar-refractivity contribution in [3.05, 3.63) is 58.7 Å². The summed E-state index contributed by atoms with van der Waals surface area (Å²) in [5.74, 6) is 0.892. The van der Waals surface area contributed by atoms with E-state index < -0.39 is 0 Å². The van der Waals surface area contributed by atoms with E-state index in [2.05, 4.69) is 55.2 Å². The molecule has 0 saturated carbocycles. The van der Waals surface area contributed by atoms with E-state index in [1.807, 2.05) is 43.3 Å². The van der Waals surface area contributed by atoms with Crippen LogP contribution in [0.1, 0.15) is 18.4 Å². The van der Waals surface area contributed by atoms with Gasteiger partial charge in [-0.3, -0.25) is 4.31 Å². The third-order valence-electron chi connectivity index (χ3n) is 5.22. The first-order valence-electron chi connectivity index (χ1n) is 9.53. The molecule has 29 heavy (non-hydrogen) atoms. The highest BCUT2D eigenvalue weighted by molar-refractivity contribution is 9.10. The van der Waals surface area contributed by atoms with Gasteiger partial charge in [0.25, 0.3) is 0 Å². The number of halogens is 1. The van der Waals surface area contributed by atoms with E-state index in [4.69, 9.17) is 0 Å². The normalized spacial score (nSPS) is 14.8. The highest BCUT2D eigenvalue weighted by Gasteiger charge is 2.27. The van der Waals surface area contributed by atoms with Gasteiger partial charge in [0.05, 0.1) is 6.20 Å². The van der Waals surface area contributed by atoms with Crippen LogP contribution in [0.4, 0.5) is 16.3 Å². The van der Waals surface area contributed by atoms with Crippen LogP contribution in [0.2, 0.25) is 0 Å². The Bertz CT molecular complexity index is 1020. The van der Waals surface area contributed by atoms with Gasteiger partial charge in [-0.1, -0.05) is 46.4 Å². The van der Waals surface area contributed by atoms with Gasteiger partial charge in [0, 0.05) is 40.1 Å². The molecule has 2 amide bonds. The van der Waals surface area contributed by atoms with Gasteiger partial charge in [0.2, 0.25) is 0 Å². The Kier molecular flexibility index (Phi) is 5.91. The molecule has 2 aromatic carbocycles. The van der Waals surface area contributed by atoms with Gasteiger partial charge >= 0.3 is 6.03 Å². The maximum atomic E-state index is 12.6. The van der Waals surface area contributed by atoms with Gasteiger partial charge in [-0.15, -0.1) is 5.10 Å². The average molecular weight is 472 g/mol. The molecule has 0 atom stereocenters. The fourth-order valence-electron chi connectivity index (χ4n) is 3.58. The van der Waals surface area contributed by atoms with E-state index in [9.17, 15) is 4.79 Å². The van der Waals surface area contributed by atoms with Gasteiger partial charge in [0.15, 0.2) is 5.82 Å². The lowest BCUT2D eigenvalue weighted by molar-refractivity contribution is 0.223. The first-order valence-corrected chi connectivity index (χ1v) is 10.7. The number of carbonyl (C=O) groups is 1. The third-order valence-corrected chi connectivity index (χ3v) is 6.23. The summed E-state index contributed by atoms with van der Waals surface area (Å²) in [7, 11) is 0. The van der Waals surface area contributed by atoms with Crippen molar-refractivity contribution in [3.63, 3.8) is 0 Å². The van der Waals surface area contributed by atoms with Crippen molar-refractivity contribution in [1.82, 2.24) is 14.5 Å². The maximum absolute atomic E-state index is 12.6. The lowest BCUT2D eigenvalue weighted by atomic mass is 10.0. The molecular weight excluding hydrogens is 450 g/mol. The first kappa shape index (κ1) is 20.0. The predicted molar refractivity (Wildman–Crippen MR) is 123 cm³/mol. The molecule has 8 heteroatoms. The smallest absolute Gasteiger partial charge is 0.331 e. The molecule has 6 nitrogen and oxygen atoms in total. The van der Waals surface area contributed by atoms with Crippen LogP contribution >= 0.6 is 28.7 Å². The zero-order valence-electron chi connectivity index (χ0n) is 16.0. The van der Waals surface area contributed by atoms with E-state index in [1.54, 1.807) is 6.20 Å². The van der Waals surface area contributed by atoms with Crippen molar-refractivity contribution in [2.45, 2.75) is 25.8 Å². The molecule has 1 fully saturated rings. The van der Waals surface area contributed by atoms with Crippen LogP contribution < -0.4 is 10.2 Å². The second-order valence-corrected chi connectivity index (χ2v) is 8.61. The second-order valence-electron chi connectivity index (χ2n) is 7.26. The summed E-state index contributed by atoms with van der Waals surface area (Å²) in [5.41, 5.74) is 1.93. The molecule has 0 unspecified atom stereocenters. The first-order chi connectivity index (χ1) is 14.0. The summed E-state index contributed by atoms with van der Waals surface area (Å²) < 4.78 is 2.54. The Hall–Kier alpha value is -2.32. The minimum Gasteiger partial charge on any atom is -0.354 e. The van der Waals surface area contributed by atoms with Crippen molar-refractivity contribution in [2.24, 2.45) is 0 Å². The summed E-state index contributed by atoms with van der Waals surface area (Å²) in [5, 5.41) is 13.6. The number of aryl methyl sites for hydroxylation is 1. The monoisotopic (exact) mass is 471 g/mol.